The SMILES string of the molecule is NC(=O)CC(NC(=O)C(Cc1ccc(O)cc1)NC(=O)C(CS)NC(=O)C1CCCN1)C(=O)O. The summed E-state index contributed by atoms with van der Waals surface area (Å²) in [6.07, 6.45) is 0.776. The number of carbonyl (C=O) groups is 5. The van der Waals surface area contributed by atoms with Gasteiger partial charge in [-0.3, -0.25) is 19.2 Å². The van der Waals surface area contributed by atoms with Gasteiger partial charge in [-0.1, -0.05) is 12.1 Å². The average Bonchev–Trinajstić information content (AvgIpc) is 3.32. The largest absolute Gasteiger partial charge is 0.508 e. The molecular weight excluding hydrogens is 466 g/mol. The van der Waals surface area contributed by atoms with Crippen molar-refractivity contribution in [2.45, 2.75) is 49.9 Å². The first-order chi connectivity index (χ1) is 16.1. The molecule has 4 atom stereocenters. The monoisotopic (exact) mass is 495 g/mol. The van der Waals surface area contributed by atoms with Gasteiger partial charge in [0.2, 0.25) is 23.6 Å². The summed E-state index contributed by atoms with van der Waals surface area (Å²) in [5, 5.41) is 29.1. The first-order valence-corrected chi connectivity index (χ1v) is 11.3. The van der Waals surface area contributed by atoms with E-state index in [1.54, 1.807) is 0 Å². The Morgan fingerprint density at radius 3 is 2.18 bits per heavy atom. The number of hydrogen-bond acceptors (Lipinski definition) is 8. The molecule has 1 aliphatic rings. The fourth-order valence-corrected chi connectivity index (χ4v) is 3.65. The van der Waals surface area contributed by atoms with E-state index in [2.05, 4.69) is 33.9 Å². The van der Waals surface area contributed by atoms with E-state index in [1.165, 1.54) is 24.3 Å². The van der Waals surface area contributed by atoms with Crippen molar-refractivity contribution in [2.75, 3.05) is 12.3 Å². The van der Waals surface area contributed by atoms with Crippen LogP contribution in [0.2, 0.25) is 0 Å². The Labute approximate surface area is 201 Å². The van der Waals surface area contributed by atoms with E-state index in [1.807, 2.05) is 0 Å². The predicted molar refractivity (Wildman–Crippen MR) is 124 cm³/mol. The molecule has 0 saturated carbocycles. The molecule has 0 radical (unpaired) electrons. The molecule has 4 amide bonds. The van der Waals surface area contributed by atoms with E-state index in [9.17, 15) is 34.2 Å². The maximum absolute atomic E-state index is 12.9. The second-order valence-corrected chi connectivity index (χ2v) is 8.26. The smallest absolute Gasteiger partial charge is 0.326 e. The lowest BCUT2D eigenvalue weighted by Crippen LogP contribution is -2.58. The van der Waals surface area contributed by atoms with E-state index < -0.39 is 54.3 Å². The lowest BCUT2D eigenvalue weighted by atomic mass is 10.0. The van der Waals surface area contributed by atoms with Crippen LogP contribution in [0.3, 0.4) is 0 Å². The summed E-state index contributed by atoms with van der Waals surface area (Å²) in [6.45, 7) is 0.695. The van der Waals surface area contributed by atoms with Crippen LogP contribution in [-0.2, 0) is 30.4 Å². The zero-order chi connectivity index (χ0) is 25.3. The Morgan fingerprint density at radius 2 is 1.65 bits per heavy atom. The van der Waals surface area contributed by atoms with Crippen molar-refractivity contribution in [1.29, 1.82) is 0 Å². The first-order valence-electron chi connectivity index (χ1n) is 10.6. The van der Waals surface area contributed by atoms with Crippen LogP contribution in [0.25, 0.3) is 0 Å². The number of phenolic OH excluding ortho intramolecular Hbond substituents is 1. The number of rotatable bonds is 12. The van der Waals surface area contributed by atoms with Crippen LogP contribution in [0.1, 0.15) is 24.8 Å². The predicted octanol–water partition coefficient (Wildman–Crippen LogP) is -1.97. The fourth-order valence-electron chi connectivity index (χ4n) is 3.40. The highest BCUT2D eigenvalue weighted by molar-refractivity contribution is 7.80. The number of aliphatic carboxylic acids is 1. The number of nitrogens with one attached hydrogen (secondary N) is 4. The molecule has 8 N–H and O–H groups in total. The zero-order valence-electron chi connectivity index (χ0n) is 18.3. The number of nitrogens with two attached hydrogens (primary N) is 1. The normalized spacial score (nSPS) is 17.7. The third-order valence-electron chi connectivity index (χ3n) is 5.22. The molecule has 186 valence electrons. The topological polar surface area (TPSA) is 200 Å². The quantitative estimate of drug-likeness (QED) is 0.153. The number of amides is 4. The van der Waals surface area contributed by atoms with Gasteiger partial charge in [-0.15, -0.1) is 0 Å². The highest BCUT2D eigenvalue weighted by Gasteiger charge is 2.31. The molecule has 2 rings (SSSR count). The van der Waals surface area contributed by atoms with E-state index in [0.29, 0.717) is 18.5 Å². The van der Waals surface area contributed by atoms with E-state index >= 15 is 0 Å². The van der Waals surface area contributed by atoms with Crippen LogP contribution >= 0.6 is 12.6 Å². The molecule has 0 spiro atoms. The van der Waals surface area contributed by atoms with Crippen molar-refractivity contribution in [3.63, 3.8) is 0 Å². The van der Waals surface area contributed by atoms with Gasteiger partial charge in [-0.25, -0.2) is 4.79 Å². The van der Waals surface area contributed by atoms with E-state index in [4.69, 9.17) is 5.73 Å². The molecule has 4 unspecified atom stereocenters. The molecule has 0 aliphatic carbocycles. The molecule has 0 aromatic heterocycles. The Bertz CT molecular complexity index is 905. The Kier molecular flexibility index (Phi) is 10.1. The molecule has 12 nitrogen and oxygen atoms in total. The first kappa shape index (κ1) is 26.9. The van der Waals surface area contributed by atoms with Crippen molar-refractivity contribution < 1.29 is 34.2 Å². The number of phenols is 1. The molecule has 1 fully saturated rings. The Hall–Kier alpha value is -3.32. The van der Waals surface area contributed by atoms with Crippen molar-refractivity contribution in [1.82, 2.24) is 21.3 Å². The van der Waals surface area contributed by atoms with Crippen molar-refractivity contribution in [3.8, 4) is 5.75 Å². The second kappa shape index (κ2) is 12.8. The minimum Gasteiger partial charge on any atom is -0.508 e. The lowest BCUT2D eigenvalue weighted by molar-refractivity contribution is -0.143. The number of hydrogen-bond donors (Lipinski definition) is 8. The molecular formula is C21H29N5O7S. The Morgan fingerprint density at radius 1 is 1.03 bits per heavy atom. The average molecular weight is 496 g/mol. The maximum atomic E-state index is 12.9. The van der Waals surface area contributed by atoms with Gasteiger partial charge in [0.1, 0.15) is 23.9 Å². The van der Waals surface area contributed by atoms with Crippen LogP contribution in [0, 0.1) is 0 Å². The van der Waals surface area contributed by atoms with Gasteiger partial charge < -0.3 is 37.2 Å². The summed E-state index contributed by atoms with van der Waals surface area (Å²) in [4.78, 5) is 60.7. The number of thiol groups is 1. The van der Waals surface area contributed by atoms with Crippen LogP contribution in [0.15, 0.2) is 24.3 Å². The van der Waals surface area contributed by atoms with E-state index in [0.717, 1.165) is 6.42 Å². The fraction of sp³-hybridized carbons (Fsp3) is 0.476. The number of primary amides is 1. The number of carboxylic acids is 1. The third kappa shape index (κ3) is 8.23. The number of carboxylic acid groups (broad SMARTS) is 1. The minimum atomic E-state index is -1.59. The zero-order valence-corrected chi connectivity index (χ0v) is 19.2. The minimum absolute atomic E-state index is 0.000408. The van der Waals surface area contributed by atoms with Gasteiger partial charge in [0.15, 0.2) is 0 Å². The summed E-state index contributed by atoms with van der Waals surface area (Å²) < 4.78 is 0. The summed E-state index contributed by atoms with van der Waals surface area (Å²) in [7, 11) is 0. The summed E-state index contributed by atoms with van der Waals surface area (Å²) in [5.74, 6) is -4.36. The molecule has 13 heteroatoms. The van der Waals surface area contributed by atoms with Gasteiger partial charge >= 0.3 is 5.97 Å². The third-order valence-corrected chi connectivity index (χ3v) is 5.59. The number of carbonyl (C=O) groups excluding carboxylic acids is 4. The summed E-state index contributed by atoms with van der Waals surface area (Å²) in [6, 6.07) is 1.54. The highest BCUT2D eigenvalue weighted by atomic mass is 32.1. The maximum Gasteiger partial charge on any atom is 0.326 e. The van der Waals surface area contributed by atoms with Crippen molar-refractivity contribution >= 4 is 42.2 Å². The van der Waals surface area contributed by atoms with Crippen molar-refractivity contribution in [2.24, 2.45) is 5.73 Å². The van der Waals surface area contributed by atoms with Crippen LogP contribution in [-0.4, -0.2) is 76.3 Å². The van der Waals surface area contributed by atoms with Crippen LogP contribution in [0.5, 0.6) is 5.75 Å². The van der Waals surface area contributed by atoms with Crippen molar-refractivity contribution in [3.05, 3.63) is 29.8 Å². The standard InChI is InChI=1S/C21H29N5O7S/c22-17(28)9-15(21(32)33)25-19(30)14(8-11-3-5-12(27)6-4-11)24-20(31)16(10-34)26-18(29)13-2-1-7-23-13/h3-6,13-16,23,27,34H,1-2,7-10H2,(H2,22,28)(H,24,31)(H,25,30)(H,26,29)(H,32,33). The molecule has 1 heterocycles. The molecule has 1 aromatic carbocycles. The van der Waals surface area contributed by atoms with Gasteiger partial charge in [0, 0.05) is 12.2 Å². The number of aromatic hydroxyl groups is 1. The van der Waals surface area contributed by atoms with Crippen LogP contribution < -0.4 is 27.0 Å². The van der Waals surface area contributed by atoms with Gasteiger partial charge in [-0.2, -0.15) is 12.6 Å². The van der Waals surface area contributed by atoms with E-state index in [-0.39, 0.29) is 23.8 Å². The molecule has 1 saturated heterocycles. The molecule has 1 aromatic rings. The second-order valence-electron chi connectivity index (χ2n) is 7.89. The van der Waals surface area contributed by atoms with Crippen LogP contribution in [0.4, 0.5) is 0 Å². The highest BCUT2D eigenvalue weighted by Crippen LogP contribution is 2.12. The molecule has 1 aliphatic heterocycles. The molecule has 0 bridgehead atoms. The van der Waals surface area contributed by atoms with Gasteiger partial charge in [0.25, 0.3) is 0 Å². The lowest BCUT2D eigenvalue weighted by Gasteiger charge is -2.24. The van der Waals surface area contributed by atoms with Gasteiger partial charge in [-0.05, 0) is 37.1 Å². The molecule has 34 heavy (non-hydrogen) atoms. The summed E-state index contributed by atoms with van der Waals surface area (Å²) in [5.41, 5.74) is 5.61. The van der Waals surface area contributed by atoms with Gasteiger partial charge in [0.05, 0.1) is 12.5 Å². The summed E-state index contributed by atoms with van der Waals surface area (Å²) >= 11 is 4.12. The Balaban J connectivity index is 2.16. The number of benzene rings is 1.